The molecule has 0 atom stereocenters. The summed E-state index contributed by atoms with van der Waals surface area (Å²) < 4.78 is 0. The fourth-order valence-corrected chi connectivity index (χ4v) is 2.59. The van der Waals surface area contributed by atoms with Crippen LogP contribution in [0.5, 0.6) is 0 Å². The third-order valence-corrected chi connectivity index (χ3v) is 3.80. The Morgan fingerprint density at radius 2 is 1.74 bits per heavy atom. The second-order valence-electron chi connectivity index (χ2n) is 4.53. The smallest absolute Gasteiger partial charge is 0.321 e. The lowest BCUT2D eigenvalue weighted by Crippen LogP contribution is -2.43. The van der Waals surface area contributed by atoms with Crippen LogP contribution in [0.4, 0.5) is 4.79 Å². The van der Waals surface area contributed by atoms with E-state index in [1.165, 1.54) is 44.3 Å². The van der Waals surface area contributed by atoms with Gasteiger partial charge in [-0.1, -0.05) is 39.0 Å². The van der Waals surface area contributed by atoms with Gasteiger partial charge in [0.15, 0.2) is 5.96 Å². The van der Waals surface area contributed by atoms with Crippen molar-refractivity contribution < 1.29 is 4.79 Å². The molecule has 0 bridgehead atoms. The molecule has 0 saturated heterocycles. The van der Waals surface area contributed by atoms with Gasteiger partial charge < -0.3 is 11.1 Å². The first kappa shape index (κ1) is 18.1. The van der Waals surface area contributed by atoms with E-state index in [-0.39, 0.29) is 5.96 Å². The highest BCUT2D eigenvalue weighted by molar-refractivity contribution is 7.99. The van der Waals surface area contributed by atoms with Gasteiger partial charge in [-0.3, -0.25) is 10.7 Å². The van der Waals surface area contributed by atoms with Crippen molar-refractivity contribution in [3.05, 3.63) is 0 Å². The van der Waals surface area contributed by atoms with Gasteiger partial charge in [0, 0.05) is 6.54 Å². The molecule has 0 spiro atoms. The molecule has 0 unspecified atom stereocenters. The molecule has 0 aromatic carbocycles. The minimum atomic E-state index is -0.395. The van der Waals surface area contributed by atoms with E-state index in [9.17, 15) is 4.79 Å². The molecular weight excluding hydrogens is 260 g/mol. The summed E-state index contributed by atoms with van der Waals surface area (Å²) in [6.45, 7) is 2.86. The molecule has 5 N–H and O–H groups in total. The van der Waals surface area contributed by atoms with Crippen LogP contribution in [0.25, 0.3) is 0 Å². The molecule has 0 radical (unpaired) electrons. The van der Waals surface area contributed by atoms with Crippen LogP contribution in [0.1, 0.15) is 51.9 Å². The number of guanidine groups is 1. The van der Waals surface area contributed by atoms with Crippen LogP contribution < -0.4 is 16.4 Å². The molecule has 0 aliphatic rings. The number of amides is 2. The minimum Gasteiger partial charge on any atom is -0.370 e. The van der Waals surface area contributed by atoms with Gasteiger partial charge in [0.2, 0.25) is 0 Å². The first-order chi connectivity index (χ1) is 9.16. The van der Waals surface area contributed by atoms with Crippen LogP contribution in [0.2, 0.25) is 0 Å². The largest absolute Gasteiger partial charge is 0.370 e. The van der Waals surface area contributed by atoms with E-state index >= 15 is 0 Å². The van der Waals surface area contributed by atoms with Crippen molar-refractivity contribution >= 4 is 23.8 Å². The third-order valence-electron chi connectivity index (χ3n) is 2.64. The van der Waals surface area contributed by atoms with Crippen molar-refractivity contribution in [2.45, 2.75) is 51.9 Å². The maximum Gasteiger partial charge on any atom is 0.321 e. The van der Waals surface area contributed by atoms with Crippen LogP contribution in [0.15, 0.2) is 0 Å². The highest BCUT2D eigenvalue weighted by Gasteiger charge is 1.99. The topological polar surface area (TPSA) is 91.0 Å². The Balaban J connectivity index is 3.10. The number of unbranched alkanes of at least 4 members (excludes halogenated alkanes) is 5. The molecule has 2 amide bonds. The second-order valence-corrected chi connectivity index (χ2v) is 5.75. The maximum atomic E-state index is 11.1. The zero-order valence-corrected chi connectivity index (χ0v) is 12.8. The van der Waals surface area contributed by atoms with Crippen LogP contribution in [0, 0.1) is 5.41 Å². The van der Waals surface area contributed by atoms with Crippen LogP contribution >= 0.6 is 11.8 Å². The first-order valence-corrected chi connectivity index (χ1v) is 8.29. The zero-order chi connectivity index (χ0) is 14.3. The Bertz CT molecular complexity index is 249. The monoisotopic (exact) mass is 288 g/mol. The summed E-state index contributed by atoms with van der Waals surface area (Å²) in [6, 6.07) is -0.395. The average molecular weight is 288 g/mol. The van der Waals surface area contributed by atoms with E-state index in [1.807, 2.05) is 11.8 Å². The standard InChI is InChI=1S/C13H28N4OS/c1-2-3-4-5-6-7-10-19-11-8-9-16-13(18)17-12(14)15/h2-11H2,1H3,(H5,14,15,16,17,18). The lowest BCUT2D eigenvalue weighted by Gasteiger charge is -2.05. The summed E-state index contributed by atoms with van der Waals surface area (Å²) in [4.78, 5) is 11.1. The number of rotatable bonds is 11. The average Bonchev–Trinajstić information content (AvgIpc) is 2.35. The van der Waals surface area contributed by atoms with Crippen molar-refractivity contribution in [1.29, 1.82) is 5.41 Å². The summed E-state index contributed by atoms with van der Waals surface area (Å²) in [5.74, 6) is 1.95. The SMILES string of the molecule is CCCCCCCCSCCCNC(=O)NC(=N)N. The number of hydrogen-bond donors (Lipinski definition) is 4. The Morgan fingerprint density at radius 3 is 2.42 bits per heavy atom. The summed E-state index contributed by atoms with van der Waals surface area (Å²) >= 11 is 1.94. The lowest BCUT2D eigenvalue weighted by atomic mass is 10.1. The first-order valence-electron chi connectivity index (χ1n) is 7.13. The normalized spacial score (nSPS) is 10.2. The van der Waals surface area contributed by atoms with Gasteiger partial charge >= 0.3 is 6.03 Å². The molecule has 0 fully saturated rings. The van der Waals surface area contributed by atoms with Crippen molar-refractivity contribution in [2.75, 3.05) is 18.1 Å². The second kappa shape index (κ2) is 13.5. The van der Waals surface area contributed by atoms with Crippen molar-refractivity contribution in [2.24, 2.45) is 5.73 Å². The van der Waals surface area contributed by atoms with E-state index < -0.39 is 6.03 Å². The molecule has 0 aromatic heterocycles. The Labute approximate surface area is 121 Å². The Hall–Kier alpha value is -0.910. The number of nitrogens with two attached hydrogens (primary N) is 1. The molecule has 0 aliphatic carbocycles. The van der Waals surface area contributed by atoms with Gasteiger partial charge in [-0.15, -0.1) is 0 Å². The third kappa shape index (κ3) is 15.0. The Kier molecular flexibility index (Phi) is 12.9. The van der Waals surface area contributed by atoms with E-state index in [0.29, 0.717) is 6.54 Å². The van der Waals surface area contributed by atoms with Crippen molar-refractivity contribution in [3.63, 3.8) is 0 Å². The fourth-order valence-electron chi connectivity index (χ4n) is 1.63. The van der Waals surface area contributed by atoms with Gasteiger partial charge in [-0.25, -0.2) is 4.79 Å². The molecule has 0 heterocycles. The van der Waals surface area contributed by atoms with Crippen molar-refractivity contribution in [3.8, 4) is 0 Å². The van der Waals surface area contributed by atoms with E-state index in [1.54, 1.807) is 0 Å². The van der Waals surface area contributed by atoms with Gasteiger partial charge in [-0.05, 0) is 24.3 Å². The Morgan fingerprint density at radius 1 is 1.11 bits per heavy atom. The molecule has 19 heavy (non-hydrogen) atoms. The summed E-state index contributed by atoms with van der Waals surface area (Å²) in [7, 11) is 0. The quantitative estimate of drug-likeness (QED) is 0.267. The predicted octanol–water partition coefficient (Wildman–Crippen LogP) is 2.66. The minimum absolute atomic E-state index is 0.324. The fraction of sp³-hybridized carbons (Fsp3) is 0.846. The molecule has 0 saturated carbocycles. The van der Waals surface area contributed by atoms with Crippen LogP contribution in [-0.4, -0.2) is 30.0 Å². The van der Waals surface area contributed by atoms with Crippen LogP contribution in [0.3, 0.4) is 0 Å². The number of thioether (sulfide) groups is 1. The van der Waals surface area contributed by atoms with Gasteiger partial charge in [0.05, 0.1) is 0 Å². The highest BCUT2D eigenvalue weighted by Crippen LogP contribution is 2.10. The molecule has 0 aromatic rings. The molecule has 5 nitrogen and oxygen atoms in total. The lowest BCUT2D eigenvalue weighted by molar-refractivity contribution is 0.245. The zero-order valence-electron chi connectivity index (χ0n) is 12.0. The van der Waals surface area contributed by atoms with Gasteiger partial charge in [0.1, 0.15) is 0 Å². The summed E-state index contributed by atoms with van der Waals surface area (Å²) in [5.41, 5.74) is 5.03. The van der Waals surface area contributed by atoms with Gasteiger partial charge in [-0.2, -0.15) is 11.8 Å². The van der Waals surface area contributed by atoms with Crippen LogP contribution in [-0.2, 0) is 0 Å². The van der Waals surface area contributed by atoms with E-state index in [0.717, 1.165) is 12.2 Å². The molecular formula is C13H28N4OS. The molecule has 0 rings (SSSR count). The predicted molar refractivity (Wildman–Crippen MR) is 83.8 cm³/mol. The van der Waals surface area contributed by atoms with Crippen molar-refractivity contribution in [1.82, 2.24) is 10.6 Å². The summed E-state index contributed by atoms with van der Waals surface area (Å²) in [6.07, 6.45) is 8.99. The maximum absolute atomic E-state index is 11.1. The number of nitrogens with one attached hydrogen (secondary N) is 3. The van der Waals surface area contributed by atoms with E-state index in [4.69, 9.17) is 11.1 Å². The number of carbonyl (C=O) groups excluding carboxylic acids is 1. The number of urea groups is 1. The van der Waals surface area contributed by atoms with Gasteiger partial charge in [0.25, 0.3) is 0 Å². The molecule has 112 valence electrons. The summed E-state index contributed by atoms with van der Waals surface area (Å²) in [5, 5.41) is 11.7. The molecule has 6 heteroatoms. The molecule has 0 aliphatic heterocycles. The highest BCUT2D eigenvalue weighted by atomic mass is 32.2. The number of hydrogen-bond acceptors (Lipinski definition) is 3. The van der Waals surface area contributed by atoms with E-state index in [2.05, 4.69) is 17.6 Å². The number of carbonyl (C=O) groups is 1.